The maximum absolute atomic E-state index is 10.0. The summed E-state index contributed by atoms with van der Waals surface area (Å²) >= 11 is 0. The number of piperidine rings is 1. The van der Waals surface area contributed by atoms with Crippen molar-refractivity contribution in [1.29, 1.82) is 0 Å². The molecule has 9 atom stereocenters. The lowest BCUT2D eigenvalue weighted by molar-refractivity contribution is -0.291. The molecule has 23 heavy (non-hydrogen) atoms. The second-order valence-corrected chi connectivity index (χ2v) is 6.32. The first-order chi connectivity index (χ1) is 10.8. The van der Waals surface area contributed by atoms with Gasteiger partial charge in [0.2, 0.25) is 0 Å². The van der Waals surface area contributed by atoms with E-state index in [-0.39, 0.29) is 12.6 Å². The number of hydrogen-bond donors (Lipinski definition) is 6. The van der Waals surface area contributed by atoms with Crippen molar-refractivity contribution in [1.82, 2.24) is 4.90 Å². The first-order valence-electron chi connectivity index (χ1n) is 7.78. The predicted octanol–water partition coefficient (Wildman–Crippen LogP) is -3.38. The van der Waals surface area contributed by atoms with Crippen LogP contribution < -0.4 is 0 Å². The maximum Gasteiger partial charge on any atom is 0.186 e. The molecule has 2 aliphatic rings. The molecule has 0 aliphatic carbocycles. The molecule has 2 aliphatic heterocycles. The lowest BCUT2D eigenvalue weighted by Crippen LogP contribution is -2.61. The molecule has 1 unspecified atom stereocenters. The largest absolute Gasteiger partial charge is 0.389 e. The van der Waals surface area contributed by atoms with Crippen LogP contribution in [0.15, 0.2) is 0 Å². The zero-order valence-electron chi connectivity index (χ0n) is 13.3. The van der Waals surface area contributed by atoms with Crippen molar-refractivity contribution < 1.29 is 40.1 Å². The summed E-state index contributed by atoms with van der Waals surface area (Å²) in [5.74, 6) is 0. The van der Waals surface area contributed by atoms with Crippen LogP contribution in [-0.4, -0.2) is 111 Å². The van der Waals surface area contributed by atoms with Gasteiger partial charge in [-0.15, -0.1) is 0 Å². The van der Waals surface area contributed by atoms with Gasteiger partial charge in [-0.3, -0.25) is 4.90 Å². The van der Waals surface area contributed by atoms with Gasteiger partial charge in [-0.2, -0.15) is 0 Å². The summed E-state index contributed by atoms with van der Waals surface area (Å²) in [6.07, 6.45) is -8.79. The Balaban J connectivity index is 1.94. The molecular formula is C14H27NO8. The van der Waals surface area contributed by atoms with Crippen LogP contribution in [0, 0.1) is 0 Å². The van der Waals surface area contributed by atoms with Gasteiger partial charge in [-0.05, 0) is 13.3 Å². The highest BCUT2D eigenvalue weighted by Crippen LogP contribution is 2.25. The summed E-state index contributed by atoms with van der Waals surface area (Å²) in [5.41, 5.74) is 0. The Morgan fingerprint density at radius 3 is 2.22 bits per heavy atom. The molecule has 0 spiro atoms. The van der Waals surface area contributed by atoms with Crippen LogP contribution in [0.25, 0.3) is 0 Å². The van der Waals surface area contributed by atoms with E-state index < -0.39 is 49.0 Å². The molecule has 2 saturated heterocycles. The second kappa shape index (κ2) is 7.68. The van der Waals surface area contributed by atoms with Crippen LogP contribution >= 0.6 is 0 Å². The number of likely N-dealkylation sites (tertiary alicyclic amines) is 1. The zero-order valence-corrected chi connectivity index (χ0v) is 13.3. The lowest BCUT2D eigenvalue weighted by Gasteiger charge is -2.44. The number of β-amino-alcohol motifs (C(OH)–C–C–N with tert-alkyl or cyclic N) is 1. The molecule has 0 saturated carbocycles. The third kappa shape index (κ3) is 3.84. The second-order valence-electron chi connectivity index (χ2n) is 6.32. The van der Waals surface area contributed by atoms with E-state index in [0.29, 0.717) is 13.0 Å². The molecule has 0 bridgehead atoms. The third-order valence-corrected chi connectivity index (χ3v) is 4.84. The Kier molecular flexibility index (Phi) is 6.34. The van der Waals surface area contributed by atoms with Gasteiger partial charge in [0.25, 0.3) is 0 Å². The van der Waals surface area contributed by atoms with Gasteiger partial charge in [0.1, 0.15) is 24.4 Å². The number of ether oxygens (including phenoxy) is 2. The van der Waals surface area contributed by atoms with E-state index in [4.69, 9.17) is 9.47 Å². The fourth-order valence-corrected chi connectivity index (χ4v) is 3.18. The average molecular weight is 337 g/mol. The molecule has 9 nitrogen and oxygen atoms in total. The van der Waals surface area contributed by atoms with Gasteiger partial charge < -0.3 is 40.1 Å². The van der Waals surface area contributed by atoms with E-state index in [1.165, 1.54) is 7.11 Å². The van der Waals surface area contributed by atoms with E-state index >= 15 is 0 Å². The van der Waals surface area contributed by atoms with Crippen LogP contribution in [0.3, 0.4) is 0 Å². The third-order valence-electron chi connectivity index (χ3n) is 4.84. The average Bonchev–Trinajstić information content (AvgIpc) is 2.54. The molecule has 0 radical (unpaired) electrons. The predicted molar refractivity (Wildman–Crippen MR) is 77.4 cm³/mol. The smallest absolute Gasteiger partial charge is 0.186 e. The van der Waals surface area contributed by atoms with Crippen LogP contribution in [0.1, 0.15) is 13.3 Å². The highest BCUT2D eigenvalue weighted by atomic mass is 16.7. The Morgan fingerprint density at radius 1 is 0.957 bits per heavy atom. The summed E-state index contributed by atoms with van der Waals surface area (Å²) in [7, 11) is 1.33. The van der Waals surface area contributed by atoms with Crippen molar-refractivity contribution in [3.8, 4) is 0 Å². The summed E-state index contributed by atoms with van der Waals surface area (Å²) < 4.78 is 10.4. The number of nitrogens with zero attached hydrogens (tertiary/aromatic N) is 1. The molecule has 0 amide bonds. The monoisotopic (exact) mass is 337 g/mol. The molecule has 6 N–H and O–H groups in total. The number of aliphatic hydroxyl groups excluding tert-OH is 6. The van der Waals surface area contributed by atoms with Gasteiger partial charge in [0.15, 0.2) is 6.29 Å². The van der Waals surface area contributed by atoms with Crippen molar-refractivity contribution >= 4 is 0 Å². The lowest BCUT2D eigenvalue weighted by atomic mass is 9.93. The van der Waals surface area contributed by atoms with E-state index in [1.54, 1.807) is 11.8 Å². The standard InChI is InChI=1S/C14H27NO8/c1-6-9(17)10(18)7(16)5-15(6)4-3-8-11(19)12(20)13(21)14(22-2)23-8/h6-14,16-21H,3-5H2,1-2H3/t6?,7-,8-,9-,10-,11-,12+,13-,14+/m1/s1. The van der Waals surface area contributed by atoms with Crippen molar-refractivity contribution in [2.24, 2.45) is 0 Å². The fourth-order valence-electron chi connectivity index (χ4n) is 3.18. The Hall–Kier alpha value is -0.360. The summed E-state index contributed by atoms with van der Waals surface area (Å²) in [6.45, 7) is 2.28. The Bertz CT molecular complexity index is 384. The molecule has 2 fully saturated rings. The minimum atomic E-state index is -1.38. The van der Waals surface area contributed by atoms with Crippen LogP contribution in [0.2, 0.25) is 0 Å². The highest BCUT2D eigenvalue weighted by Gasteiger charge is 2.44. The summed E-state index contributed by atoms with van der Waals surface area (Å²) in [5, 5.41) is 58.9. The minimum Gasteiger partial charge on any atom is -0.389 e. The maximum atomic E-state index is 10.0. The normalized spacial score (nSPS) is 49.3. The quantitative estimate of drug-likeness (QED) is 0.310. The van der Waals surface area contributed by atoms with Crippen LogP contribution in [0.4, 0.5) is 0 Å². The Morgan fingerprint density at radius 2 is 1.61 bits per heavy atom. The molecule has 2 heterocycles. The first-order valence-corrected chi connectivity index (χ1v) is 7.78. The van der Waals surface area contributed by atoms with Gasteiger partial charge in [-0.25, -0.2) is 0 Å². The molecule has 0 aromatic rings. The van der Waals surface area contributed by atoms with Gasteiger partial charge >= 0.3 is 0 Å². The van der Waals surface area contributed by atoms with Gasteiger partial charge in [0.05, 0.1) is 18.3 Å². The van der Waals surface area contributed by atoms with Crippen molar-refractivity contribution in [2.45, 2.75) is 68.4 Å². The molecule has 9 heteroatoms. The van der Waals surface area contributed by atoms with Crippen molar-refractivity contribution in [2.75, 3.05) is 20.2 Å². The highest BCUT2D eigenvalue weighted by molar-refractivity contribution is 4.94. The summed E-state index contributed by atoms with van der Waals surface area (Å²) in [6, 6.07) is -0.372. The van der Waals surface area contributed by atoms with E-state index in [2.05, 4.69) is 0 Å². The Labute approximate surface area is 134 Å². The van der Waals surface area contributed by atoms with Crippen molar-refractivity contribution in [3.05, 3.63) is 0 Å². The van der Waals surface area contributed by atoms with Gasteiger partial charge in [0, 0.05) is 26.2 Å². The number of hydrogen-bond acceptors (Lipinski definition) is 9. The number of aliphatic hydroxyl groups is 6. The van der Waals surface area contributed by atoms with E-state index in [9.17, 15) is 30.6 Å². The molecule has 0 aromatic heterocycles. The van der Waals surface area contributed by atoms with Crippen LogP contribution in [-0.2, 0) is 9.47 Å². The minimum absolute atomic E-state index is 0.182. The van der Waals surface area contributed by atoms with Gasteiger partial charge in [-0.1, -0.05) is 0 Å². The first kappa shape index (κ1) is 19.0. The topological polar surface area (TPSA) is 143 Å². The number of rotatable bonds is 4. The van der Waals surface area contributed by atoms with E-state index in [0.717, 1.165) is 0 Å². The van der Waals surface area contributed by atoms with Crippen molar-refractivity contribution in [3.63, 3.8) is 0 Å². The van der Waals surface area contributed by atoms with Crippen LogP contribution in [0.5, 0.6) is 0 Å². The van der Waals surface area contributed by atoms with E-state index in [1.807, 2.05) is 0 Å². The zero-order chi connectivity index (χ0) is 17.3. The molecule has 0 aromatic carbocycles. The molecule has 136 valence electrons. The molecule has 2 rings (SSSR count). The number of methoxy groups -OCH3 is 1. The molecular weight excluding hydrogens is 310 g/mol. The SMILES string of the molecule is CO[C@H]1O[C@H](CCN2C[C@@H](O)[C@@H](O)[C@H](O)C2C)[C@@H](O)[C@H](O)[C@H]1O. The fraction of sp³-hybridized carbons (Fsp3) is 1.00. The summed E-state index contributed by atoms with van der Waals surface area (Å²) in [4.78, 5) is 1.78.